The Kier molecular flexibility index (Phi) is 3.76. The first kappa shape index (κ1) is 12.1. The lowest BCUT2D eigenvalue weighted by atomic mass is 10.3. The van der Waals surface area contributed by atoms with Gasteiger partial charge in [-0.2, -0.15) is 0 Å². The van der Waals surface area contributed by atoms with Crippen molar-refractivity contribution in [1.29, 1.82) is 0 Å². The number of thiazole rings is 1. The van der Waals surface area contributed by atoms with Crippen molar-refractivity contribution in [3.63, 3.8) is 0 Å². The van der Waals surface area contributed by atoms with Crippen LogP contribution in [-0.4, -0.2) is 12.0 Å². The van der Waals surface area contributed by atoms with Gasteiger partial charge in [0.2, 0.25) is 0 Å². The number of nitrogens with two attached hydrogens (primary N) is 1. The molecule has 1 aromatic heterocycles. The Balaban J connectivity index is 2.31. The first-order valence-electron chi connectivity index (χ1n) is 5.73. The Morgan fingerprint density at radius 1 is 1.29 bits per heavy atom. The molecule has 0 unspecified atom stereocenters. The van der Waals surface area contributed by atoms with Gasteiger partial charge in [0.1, 0.15) is 0 Å². The molecule has 1 aromatic carbocycles. The van der Waals surface area contributed by atoms with E-state index in [1.165, 1.54) is 4.88 Å². The summed E-state index contributed by atoms with van der Waals surface area (Å²) in [5, 5.41) is 1.01. The van der Waals surface area contributed by atoms with Gasteiger partial charge in [0.25, 0.3) is 0 Å². The highest BCUT2D eigenvalue weighted by atomic mass is 32.1. The summed E-state index contributed by atoms with van der Waals surface area (Å²) in [4.78, 5) is 7.93. The molecule has 0 radical (unpaired) electrons. The van der Waals surface area contributed by atoms with E-state index in [0.717, 1.165) is 22.9 Å². The van der Waals surface area contributed by atoms with Crippen LogP contribution < -0.4 is 10.6 Å². The van der Waals surface area contributed by atoms with E-state index in [1.54, 1.807) is 11.3 Å². The second kappa shape index (κ2) is 5.29. The SMILES string of the molecule is CCc1nc(N(C)c2ccccc2)sc1CN. The predicted molar refractivity (Wildman–Crippen MR) is 73.9 cm³/mol. The van der Waals surface area contributed by atoms with Crippen molar-refractivity contribution in [1.82, 2.24) is 4.98 Å². The second-order valence-corrected chi connectivity index (χ2v) is 4.88. The van der Waals surface area contributed by atoms with Gasteiger partial charge in [-0.1, -0.05) is 36.5 Å². The Hall–Kier alpha value is -1.39. The number of rotatable bonds is 4. The summed E-state index contributed by atoms with van der Waals surface area (Å²) < 4.78 is 0. The Bertz CT molecular complexity index is 457. The van der Waals surface area contributed by atoms with E-state index in [9.17, 15) is 0 Å². The van der Waals surface area contributed by atoms with Crippen molar-refractivity contribution in [2.75, 3.05) is 11.9 Å². The fourth-order valence-electron chi connectivity index (χ4n) is 1.71. The normalized spacial score (nSPS) is 10.5. The molecule has 0 atom stereocenters. The summed E-state index contributed by atoms with van der Waals surface area (Å²) in [6, 6.07) is 10.2. The molecule has 0 saturated heterocycles. The zero-order valence-corrected chi connectivity index (χ0v) is 11.0. The summed E-state index contributed by atoms with van der Waals surface area (Å²) in [6.07, 6.45) is 0.936. The number of nitrogens with zero attached hydrogens (tertiary/aromatic N) is 2. The number of aromatic nitrogens is 1. The number of benzene rings is 1. The Morgan fingerprint density at radius 2 is 2.00 bits per heavy atom. The summed E-state index contributed by atoms with van der Waals surface area (Å²) in [5.74, 6) is 0. The molecule has 0 spiro atoms. The van der Waals surface area contributed by atoms with Gasteiger partial charge in [0, 0.05) is 24.2 Å². The van der Waals surface area contributed by atoms with Crippen LogP contribution in [0.1, 0.15) is 17.5 Å². The molecule has 0 aliphatic rings. The van der Waals surface area contributed by atoms with Crippen molar-refractivity contribution < 1.29 is 0 Å². The molecule has 2 aromatic rings. The maximum absolute atomic E-state index is 5.73. The number of hydrogen-bond donors (Lipinski definition) is 1. The lowest BCUT2D eigenvalue weighted by molar-refractivity contribution is 0.981. The standard InChI is InChI=1S/C13H17N3S/c1-3-11-12(9-14)17-13(15-11)16(2)10-7-5-4-6-8-10/h4-8H,3,9,14H2,1-2H3. The van der Waals surface area contributed by atoms with Gasteiger partial charge in [0.15, 0.2) is 5.13 Å². The summed E-state index contributed by atoms with van der Waals surface area (Å²) in [6.45, 7) is 2.68. The monoisotopic (exact) mass is 247 g/mol. The highest BCUT2D eigenvalue weighted by Crippen LogP contribution is 2.30. The quantitative estimate of drug-likeness (QED) is 0.903. The van der Waals surface area contributed by atoms with Crippen LogP contribution in [0.2, 0.25) is 0 Å². The molecular formula is C13H17N3S. The minimum absolute atomic E-state index is 0.573. The fraction of sp³-hybridized carbons (Fsp3) is 0.308. The molecule has 90 valence electrons. The molecule has 0 aliphatic carbocycles. The zero-order valence-electron chi connectivity index (χ0n) is 10.2. The average molecular weight is 247 g/mol. The number of para-hydroxylation sites is 1. The van der Waals surface area contributed by atoms with Gasteiger partial charge in [-0.15, -0.1) is 0 Å². The number of hydrogen-bond acceptors (Lipinski definition) is 4. The van der Waals surface area contributed by atoms with Crippen LogP contribution in [0.3, 0.4) is 0 Å². The minimum atomic E-state index is 0.573. The van der Waals surface area contributed by atoms with Crippen LogP contribution in [0.15, 0.2) is 30.3 Å². The maximum Gasteiger partial charge on any atom is 0.190 e. The topological polar surface area (TPSA) is 42.2 Å². The second-order valence-electron chi connectivity index (χ2n) is 3.82. The fourth-order valence-corrected chi connectivity index (χ4v) is 2.72. The smallest absolute Gasteiger partial charge is 0.190 e. The van der Waals surface area contributed by atoms with Crippen LogP contribution in [0, 0.1) is 0 Å². The van der Waals surface area contributed by atoms with E-state index in [0.29, 0.717) is 6.54 Å². The molecule has 0 amide bonds. The number of anilines is 2. The first-order valence-corrected chi connectivity index (χ1v) is 6.55. The van der Waals surface area contributed by atoms with Gasteiger partial charge >= 0.3 is 0 Å². The predicted octanol–water partition coefficient (Wildman–Crippen LogP) is 2.93. The first-order chi connectivity index (χ1) is 8.26. The van der Waals surface area contributed by atoms with Crippen molar-refractivity contribution in [3.8, 4) is 0 Å². The van der Waals surface area contributed by atoms with E-state index >= 15 is 0 Å². The van der Waals surface area contributed by atoms with Gasteiger partial charge in [-0.05, 0) is 18.6 Å². The molecule has 2 rings (SSSR count). The molecular weight excluding hydrogens is 230 g/mol. The summed E-state index contributed by atoms with van der Waals surface area (Å²) >= 11 is 1.68. The van der Waals surface area contributed by atoms with Crippen molar-refractivity contribution in [2.24, 2.45) is 5.73 Å². The van der Waals surface area contributed by atoms with Crippen LogP contribution in [0.5, 0.6) is 0 Å². The van der Waals surface area contributed by atoms with Crippen LogP contribution >= 0.6 is 11.3 Å². The molecule has 0 fully saturated rings. The zero-order chi connectivity index (χ0) is 12.3. The molecule has 0 bridgehead atoms. The molecule has 1 heterocycles. The molecule has 4 heteroatoms. The van der Waals surface area contributed by atoms with Crippen LogP contribution in [-0.2, 0) is 13.0 Å². The third-order valence-corrected chi connectivity index (χ3v) is 3.91. The molecule has 17 heavy (non-hydrogen) atoms. The molecule has 0 aliphatic heterocycles. The van der Waals surface area contributed by atoms with Gasteiger partial charge in [-0.3, -0.25) is 0 Å². The molecule has 0 saturated carbocycles. The lowest BCUT2D eigenvalue weighted by Crippen LogP contribution is -2.08. The molecule has 3 nitrogen and oxygen atoms in total. The van der Waals surface area contributed by atoms with E-state index in [-0.39, 0.29) is 0 Å². The highest BCUT2D eigenvalue weighted by molar-refractivity contribution is 7.15. The Labute approximate surface area is 106 Å². The molecule has 2 N–H and O–H groups in total. The van der Waals surface area contributed by atoms with Crippen LogP contribution in [0.4, 0.5) is 10.8 Å². The lowest BCUT2D eigenvalue weighted by Gasteiger charge is -2.15. The number of aryl methyl sites for hydroxylation is 1. The van der Waals surface area contributed by atoms with E-state index in [1.807, 2.05) is 25.2 Å². The van der Waals surface area contributed by atoms with Crippen molar-refractivity contribution >= 4 is 22.2 Å². The van der Waals surface area contributed by atoms with E-state index in [4.69, 9.17) is 5.73 Å². The van der Waals surface area contributed by atoms with Crippen molar-refractivity contribution in [3.05, 3.63) is 40.9 Å². The summed E-state index contributed by atoms with van der Waals surface area (Å²) in [5.41, 5.74) is 8.00. The van der Waals surface area contributed by atoms with Gasteiger partial charge in [0.05, 0.1) is 5.69 Å². The van der Waals surface area contributed by atoms with Crippen LogP contribution in [0.25, 0.3) is 0 Å². The van der Waals surface area contributed by atoms with Gasteiger partial charge in [-0.25, -0.2) is 4.98 Å². The van der Waals surface area contributed by atoms with Crippen molar-refractivity contribution in [2.45, 2.75) is 19.9 Å². The highest BCUT2D eigenvalue weighted by Gasteiger charge is 2.12. The average Bonchev–Trinajstić information content (AvgIpc) is 2.82. The largest absolute Gasteiger partial charge is 0.326 e. The summed E-state index contributed by atoms with van der Waals surface area (Å²) in [7, 11) is 2.04. The van der Waals surface area contributed by atoms with E-state index < -0.39 is 0 Å². The minimum Gasteiger partial charge on any atom is -0.326 e. The van der Waals surface area contributed by atoms with Gasteiger partial charge < -0.3 is 10.6 Å². The maximum atomic E-state index is 5.73. The van der Waals surface area contributed by atoms with E-state index in [2.05, 4.69) is 28.9 Å². The third kappa shape index (κ3) is 2.48. The Morgan fingerprint density at radius 3 is 2.53 bits per heavy atom. The third-order valence-electron chi connectivity index (χ3n) is 2.72.